The summed E-state index contributed by atoms with van der Waals surface area (Å²) in [5.41, 5.74) is 2.83. The molecule has 2 aliphatic rings. The number of aromatic nitrogens is 2. The first-order valence-electron chi connectivity index (χ1n) is 9.64. The number of nitrogens with one attached hydrogen (secondary N) is 2. The van der Waals surface area contributed by atoms with Crippen molar-refractivity contribution >= 4 is 29.2 Å². The SMILES string of the molecule is CN(CC1CCC1)C(=O)c1n[nH]c2c1CN(C(=O)Nc1cccc(Cl)c1)CC2. The first-order valence-corrected chi connectivity index (χ1v) is 10.0. The molecule has 1 saturated carbocycles. The minimum atomic E-state index is -0.213. The van der Waals surface area contributed by atoms with Gasteiger partial charge in [0.1, 0.15) is 0 Å². The van der Waals surface area contributed by atoms with Gasteiger partial charge in [0, 0.05) is 48.5 Å². The van der Waals surface area contributed by atoms with E-state index < -0.39 is 0 Å². The topological polar surface area (TPSA) is 81.3 Å². The molecule has 1 aliphatic carbocycles. The summed E-state index contributed by atoms with van der Waals surface area (Å²) < 4.78 is 0. The second-order valence-electron chi connectivity index (χ2n) is 7.62. The van der Waals surface area contributed by atoms with Crippen LogP contribution in [-0.2, 0) is 13.0 Å². The number of urea groups is 1. The Hall–Kier alpha value is -2.54. The van der Waals surface area contributed by atoms with Gasteiger partial charge >= 0.3 is 6.03 Å². The van der Waals surface area contributed by atoms with Gasteiger partial charge in [-0.3, -0.25) is 9.89 Å². The van der Waals surface area contributed by atoms with E-state index in [9.17, 15) is 9.59 Å². The van der Waals surface area contributed by atoms with Crippen molar-refractivity contribution in [2.24, 2.45) is 5.92 Å². The highest BCUT2D eigenvalue weighted by Crippen LogP contribution is 2.28. The maximum Gasteiger partial charge on any atom is 0.322 e. The zero-order valence-electron chi connectivity index (χ0n) is 15.9. The first kappa shape index (κ1) is 18.8. The standard InChI is InChI=1S/C20H24ClN5O2/c1-25(11-13-4-2-5-13)19(27)18-16-12-26(9-8-17(16)23-24-18)20(28)22-15-7-3-6-14(21)10-15/h3,6-7,10,13H,2,4-5,8-9,11-12H2,1H3,(H,22,28)(H,23,24). The van der Waals surface area contributed by atoms with Gasteiger partial charge in [-0.1, -0.05) is 24.1 Å². The van der Waals surface area contributed by atoms with Crippen LogP contribution in [0.4, 0.5) is 10.5 Å². The number of halogens is 1. The predicted octanol–water partition coefficient (Wildman–Crippen LogP) is 3.53. The van der Waals surface area contributed by atoms with E-state index in [0.29, 0.717) is 41.8 Å². The number of fused-ring (bicyclic) bond motifs is 1. The third kappa shape index (κ3) is 3.85. The summed E-state index contributed by atoms with van der Waals surface area (Å²) in [4.78, 5) is 29.0. The minimum Gasteiger partial charge on any atom is -0.340 e. The third-order valence-electron chi connectivity index (χ3n) is 5.60. The molecule has 0 spiro atoms. The van der Waals surface area contributed by atoms with Crippen LogP contribution in [0.2, 0.25) is 5.02 Å². The third-order valence-corrected chi connectivity index (χ3v) is 5.84. The van der Waals surface area contributed by atoms with Gasteiger partial charge < -0.3 is 15.1 Å². The lowest BCUT2D eigenvalue weighted by atomic mass is 9.85. The van der Waals surface area contributed by atoms with Gasteiger partial charge in [0.05, 0.1) is 6.54 Å². The Balaban J connectivity index is 1.44. The van der Waals surface area contributed by atoms with Gasteiger partial charge in [-0.05, 0) is 37.0 Å². The van der Waals surface area contributed by atoms with Crippen LogP contribution in [-0.4, -0.2) is 52.1 Å². The molecule has 1 aliphatic heterocycles. The zero-order chi connectivity index (χ0) is 19.7. The van der Waals surface area contributed by atoms with Crippen molar-refractivity contribution < 1.29 is 9.59 Å². The van der Waals surface area contributed by atoms with Crippen LogP contribution >= 0.6 is 11.6 Å². The fourth-order valence-electron chi connectivity index (χ4n) is 3.74. The number of hydrogen-bond acceptors (Lipinski definition) is 3. The molecule has 4 rings (SSSR count). The molecule has 7 nitrogen and oxygen atoms in total. The monoisotopic (exact) mass is 401 g/mol. The maximum atomic E-state index is 12.9. The van der Waals surface area contributed by atoms with Crippen LogP contribution in [0, 0.1) is 5.92 Å². The Morgan fingerprint density at radius 1 is 1.39 bits per heavy atom. The molecule has 2 N–H and O–H groups in total. The van der Waals surface area contributed by atoms with Gasteiger partial charge in [0.2, 0.25) is 0 Å². The van der Waals surface area contributed by atoms with E-state index >= 15 is 0 Å². The number of amides is 3. The average molecular weight is 402 g/mol. The highest BCUT2D eigenvalue weighted by atomic mass is 35.5. The van der Waals surface area contributed by atoms with Crippen LogP contribution < -0.4 is 5.32 Å². The molecule has 0 atom stereocenters. The van der Waals surface area contributed by atoms with Crippen molar-refractivity contribution in [2.75, 3.05) is 25.5 Å². The lowest BCUT2D eigenvalue weighted by molar-refractivity contribution is 0.0737. The summed E-state index contributed by atoms with van der Waals surface area (Å²) in [6.45, 7) is 1.68. The molecule has 1 fully saturated rings. The fraction of sp³-hybridized carbons (Fsp3) is 0.450. The molecule has 0 saturated heterocycles. The smallest absolute Gasteiger partial charge is 0.322 e. The van der Waals surface area contributed by atoms with Gasteiger partial charge in [-0.2, -0.15) is 5.10 Å². The molecular weight excluding hydrogens is 378 g/mol. The quantitative estimate of drug-likeness (QED) is 0.822. The highest BCUT2D eigenvalue weighted by molar-refractivity contribution is 6.30. The lowest BCUT2D eigenvalue weighted by Crippen LogP contribution is -2.40. The molecule has 2 aromatic rings. The fourth-order valence-corrected chi connectivity index (χ4v) is 3.93. The van der Waals surface area contributed by atoms with Gasteiger partial charge in [-0.25, -0.2) is 4.79 Å². The van der Waals surface area contributed by atoms with Crippen LogP contribution in [0.1, 0.15) is 41.0 Å². The Labute approximate surface area is 169 Å². The summed E-state index contributed by atoms with van der Waals surface area (Å²) in [5.74, 6) is 0.519. The molecule has 148 valence electrons. The first-order chi connectivity index (χ1) is 13.5. The number of carbonyl (C=O) groups excluding carboxylic acids is 2. The van der Waals surface area contributed by atoms with Gasteiger partial charge in [-0.15, -0.1) is 0 Å². The number of H-pyrrole nitrogens is 1. The molecule has 0 bridgehead atoms. The van der Waals surface area contributed by atoms with E-state index in [2.05, 4.69) is 15.5 Å². The molecule has 0 unspecified atom stereocenters. The van der Waals surface area contributed by atoms with E-state index in [4.69, 9.17) is 11.6 Å². The van der Waals surface area contributed by atoms with E-state index in [1.807, 2.05) is 7.05 Å². The molecule has 2 heterocycles. The van der Waals surface area contributed by atoms with E-state index in [1.54, 1.807) is 34.1 Å². The number of benzene rings is 1. The van der Waals surface area contributed by atoms with Crippen molar-refractivity contribution in [3.8, 4) is 0 Å². The van der Waals surface area contributed by atoms with Crippen molar-refractivity contribution in [3.63, 3.8) is 0 Å². The second-order valence-corrected chi connectivity index (χ2v) is 8.06. The summed E-state index contributed by atoms with van der Waals surface area (Å²) in [7, 11) is 1.83. The maximum absolute atomic E-state index is 12.9. The molecule has 3 amide bonds. The number of hydrogen-bond donors (Lipinski definition) is 2. The van der Waals surface area contributed by atoms with E-state index in [-0.39, 0.29) is 11.9 Å². The van der Waals surface area contributed by atoms with Gasteiger partial charge in [0.15, 0.2) is 5.69 Å². The zero-order valence-corrected chi connectivity index (χ0v) is 16.6. The Morgan fingerprint density at radius 2 is 2.21 bits per heavy atom. The number of nitrogens with zero attached hydrogens (tertiary/aromatic N) is 3. The Bertz CT molecular complexity index is 892. The van der Waals surface area contributed by atoms with Crippen LogP contribution in [0.3, 0.4) is 0 Å². The molecule has 1 aromatic carbocycles. The van der Waals surface area contributed by atoms with Crippen LogP contribution in [0.15, 0.2) is 24.3 Å². The van der Waals surface area contributed by atoms with Crippen molar-refractivity contribution in [1.29, 1.82) is 0 Å². The largest absolute Gasteiger partial charge is 0.340 e. The molecule has 28 heavy (non-hydrogen) atoms. The van der Waals surface area contributed by atoms with Crippen molar-refractivity contribution in [1.82, 2.24) is 20.0 Å². The summed E-state index contributed by atoms with van der Waals surface area (Å²) in [6, 6.07) is 6.83. The summed E-state index contributed by atoms with van der Waals surface area (Å²) in [5, 5.41) is 10.7. The molecule has 0 radical (unpaired) electrons. The second kappa shape index (κ2) is 7.83. The number of anilines is 1. The van der Waals surface area contributed by atoms with E-state index in [1.165, 1.54) is 19.3 Å². The number of aromatic amines is 1. The normalized spacial score (nSPS) is 16.3. The van der Waals surface area contributed by atoms with Crippen molar-refractivity contribution in [3.05, 3.63) is 46.2 Å². The summed E-state index contributed by atoms with van der Waals surface area (Å²) >= 11 is 5.98. The van der Waals surface area contributed by atoms with Gasteiger partial charge in [0.25, 0.3) is 5.91 Å². The average Bonchev–Trinajstić information content (AvgIpc) is 3.07. The number of rotatable bonds is 4. The Morgan fingerprint density at radius 3 is 2.93 bits per heavy atom. The van der Waals surface area contributed by atoms with Crippen LogP contribution in [0.5, 0.6) is 0 Å². The molecular formula is C20H24ClN5O2. The van der Waals surface area contributed by atoms with Crippen LogP contribution in [0.25, 0.3) is 0 Å². The highest BCUT2D eigenvalue weighted by Gasteiger charge is 2.30. The van der Waals surface area contributed by atoms with E-state index in [0.717, 1.165) is 17.8 Å². The lowest BCUT2D eigenvalue weighted by Gasteiger charge is -2.30. The summed E-state index contributed by atoms with van der Waals surface area (Å²) in [6.07, 6.45) is 4.27. The molecule has 1 aromatic heterocycles. The number of carbonyl (C=O) groups is 2. The minimum absolute atomic E-state index is 0.0819. The Kier molecular flexibility index (Phi) is 5.26. The molecule has 8 heteroatoms. The van der Waals surface area contributed by atoms with Crippen molar-refractivity contribution in [2.45, 2.75) is 32.2 Å². The predicted molar refractivity (Wildman–Crippen MR) is 107 cm³/mol.